The Kier molecular flexibility index (Phi) is 5.40. The lowest BCUT2D eigenvalue weighted by Gasteiger charge is -2.37. The molecule has 1 aliphatic heterocycles. The van der Waals surface area contributed by atoms with Crippen molar-refractivity contribution in [3.63, 3.8) is 0 Å². The predicted molar refractivity (Wildman–Crippen MR) is 100 cm³/mol. The minimum Gasteiger partial charge on any atom is -0.381 e. The Morgan fingerprint density at radius 2 is 1.81 bits per heavy atom. The number of piperidine rings is 1. The van der Waals surface area contributed by atoms with E-state index in [2.05, 4.69) is 10.0 Å². The molecular formula is C17H26N4O4S. The lowest BCUT2D eigenvalue weighted by molar-refractivity contribution is -0.00364. The molecule has 0 spiro atoms. The van der Waals surface area contributed by atoms with Gasteiger partial charge in [-0.25, -0.2) is 4.79 Å². The number of hydrogen-bond acceptors (Lipinski definition) is 4. The van der Waals surface area contributed by atoms with Gasteiger partial charge in [-0.3, -0.25) is 4.72 Å². The van der Waals surface area contributed by atoms with E-state index in [1.807, 2.05) is 4.90 Å². The van der Waals surface area contributed by atoms with E-state index in [4.69, 9.17) is 4.74 Å². The maximum Gasteiger partial charge on any atom is 0.321 e. The second kappa shape index (κ2) is 7.42. The molecule has 9 heteroatoms. The molecule has 26 heavy (non-hydrogen) atoms. The predicted octanol–water partition coefficient (Wildman–Crippen LogP) is 1.79. The molecule has 2 aliphatic rings. The lowest BCUT2D eigenvalue weighted by Crippen LogP contribution is -2.49. The van der Waals surface area contributed by atoms with Gasteiger partial charge >= 0.3 is 16.2 Å². The normalized spacial score (nSPS) is 25.4. The highest BCUT2D eigenvalue weighted by molar-refractivity contribution is 7.90. The van der Waals surface area contributed by atoms with Gasteiger partial charge in [-0.05, 0) is 31.0 Å². The van der Waals surface area contributed by atoms with Crippen LogP contribution in [0.1, 0.15) is 12.8 Å². The van der Waals surface area contributed by atoms with Crippen molar-refractivity contribution in [1.82, 2.24) is 9.21 Å². The molecule has 0 radical (unpaired) electrons. The zero-order valence-electron chi connectivity index (χ0n) is 15.3. The highest BCUT2D eigenvalue weighted by Gasteiger charge is 2.43. The Morgan fingerprint density at radius 1 is 1.19 bits per heavy atom. The Morgan fingerprint density at radius 3 is 2.38 bits per heavy atom. The van der Waals surface area contributed by atoms with Gasteiger partial charge in [-0.1, -0.05) is 6.07 Å². The Hall–Kier alpha value is -1.84. The molecule has 2 unspecified atom stereocenters. The minimum absolute atomic E-state index is 0.163. The Balaban J connectivity index is 1.64. The molecule has 2 fully saturated rings. The van der Waals surface area contributed by atoms with Gasteiger partial charge in [0.2, 0.25) is 0 Å². The first-order chi connectivity index (χ1) is 12.3. The molecule has 1 aromatic carbocycles. The quantitative estimate of drug-likeness (QED) is 0.812. The van der Waals surface area contributed by atoms with E-state index in [-0.39, 0.29) is 12.1 Å². The average molecular weight is 382 g/mol. The number of hydrogen-bond donors (Lipinski definition) is 2. The molecule has 1 saturated heterocycles. The van der Waals surface area contributed by atoms with Crippen LogP contribution in [0.4, 0.5) is 16.2 Å². The zero-order chi connectivity index (χ0) is 18.9. The number of rotatable bonds is 5. The highest BCUT2D eigenvalue weighted by Crippen LogP contribution is 2.38. The van der Waals surface area contributed by atoms with E-state index in [0.717, 1.165) is 17.1 Å². The summed E-state index contributed by atoms with van der Waals surface area (Å²) in [5.41, 5.74) is 0.949. The van der Waals surface area contributed by atoms with Crippen LogP contribution in [-0.4, -0.2) is 64.1 Å². The summed E-state index contributed by atoms with van der Waals surface area (Å²) in [5, 5.41) is 2.87. The molecule has 1 saturated carbocycles. The molecule has 1 aromatic rings. The minimum atomic E-state index is -3.59. The summed E-state index contributed by atoms with van der Waals surface area (Å²) in [6.07, 6.45) is 2.44. The van der Waals surface area contributed by atoms with Crippen molar-refractivity contribution in [3.05, 3.63) is 24.3 Å². The van der Waals surface area contributed by atoms with Crippen LogP contribution in [0.25, 0.3) is 0 Å². The van der Waals surface area contributed by atoms with Crippen LogP contribution in [0.5, 0.6) is 0 Å². The van der Waals surface area contributed by atoms with Gasteiger partial charge in [0.05, 0.1) is 11.8 Å². The molecule has 1 heterocycles. The molecule has 2 bridgehead atoms. The number of methoxy groups -OCH3 is 1. The molecule has 8 nitrogen and oxygen atoms in total. The first kappa shape index (κ1) is 18.9. The van der Waals surface area contributed by atoms with Crippen LogP contribution in [0.2, 0.25) is 0 Å². The van der Waals surface area contributed by atoms with Crippen LogP contribution < -0.4 is 10.0 Å². The number of nitrogens with zero attached hydrogens (tertiary/aromatic N) is 2. The second-order valence-corrected chi connectivity index (χ2v) is 8.99. The smallest absolute Gasteiger partial charge is 0.321 e. The summed E-state index contributed by atoms with van der Waals surface area (Å²) in [5.74, 6) is 0.783. The fourth-order valence-electron chi connectivity index (χ4n) is 3.83. The fraction of sp³-hybridized carbons (Fsp3) is 0.588. The lowest BCUT2D eigenvalue weighted by atomic mass is 9.95. The summed E-state index contributed by atoms with van der Waals surface area (Å²) < 4.78 is 33.0. The van der Waals surface area contributed by atoms with Gasteiger partial charge < -0.3 is 15.0 Å². The number of fused-ring (bicyclic) bond motifs is 2. The van der Waals surface area contributed by atoms with Crippen molar-refractivity contribution < 1.29 is 17.9 Å². The molecule has 144 valence electrons. The van der Waals surface area contributed by atoms with Gasteiger partial charge in [-0.2, -0.15) is 12.7 Å². The highest BCUT2D eigenvalue weighted by atomic mass is 32.2. The number of likely N-dealkylation sites (tertiary alicyclic amines) is 1. The number of amides is 2. The van der Waals surface area contributed by atoms with Gasteiger partial charge in [0.25, 0.3) is 0 Å². The van der Waals surface area contributed by atoms with Crippen molar-refractivity contribution in [2.24, 2.45) is 11.8 Å². The van der Waals surface area contributed by atoms with E-state index >= 15 is 0 Å². The maximum atomic E-state index is 12.6. The maximum absolute atomic E-state index is 12.6. The SMILES string of the molecule is COC1C2CCC1CN(C(=O)Nc1cccc(NS(=O)(=O)N(C)C)c1)C2. The largest absolute Gasteiger partial charge is 0.381 e. The topological polar surface area (TPSA) is 91.0 Å². The summed E-state index contributed by atoms with van der Waals surface area (Å²) in [4.78, 5) is 14.4. The monoisotopic (exact) mass is 382 g/mol. The van der Waals surface area contributed by atoms with Crippen LogP contribution in [0, 0.1) is 11.8 Å². The van der Waals surface area contributed by atoms with E-state index in [1.54, 1.807) is 31.4 Å². The summed E-state index contributed by atoms with van der Waals surface area (Å²) >= 11 is 0. The Labute approximate surface area is 154 Å². The van der Waals surface area contributed by atoms with Crippen LogP contribution in [0.15, 0.2) is 24.3 Å². The van der Waals surface area contributed by atoms with Crippen LogP contribution in [-0.2, 0) is 14.9 Å². The van der Waals surface area contributed by atoms with Crippen molar-refractivity contribution in [2.45, 2.75) is 18.9 Å². The van der Waals surface area contributed by atoms with Crippen molar-refractivity contribution in [1.29, 1.82) is 0 Å². The van der Waals surface area contributed by atoms with E-state index in [0.29, 0.717) is 36.3 Å². The molecule has 2 N–H and O–H groups in total. The molecule has 0 aromatic heterocycles. The van der Waals surface area contributed by atoms with E-state index in [9.17, 15) is 13.2 Å². The van der Waals surface area contributed by atoms with Gasteiger partial charge in [0, 0.05) is 51.8 Å². The Bertz CT molecular complexity index is 754. The third-order valence-electron chi connectivity index (χ3n) is 5.15. The first-order valence-corrected chi connectivity index (χ1v) is 10.1. The summed E-state index contributed by atoms with van der Waals surface area (Å²) in [6, 6.07) is 6.52. The van der Waals surface area contributed by atoms with Crippen LogP contribution >= 0.6 is 0 Å². The second-order valence-electron chi connectivity index (χ2n) is 7.10. The van der Waals surface area contributed by atoms with E-state index < -0.39 is 10.2 Å². The van der Waals surface area contributed by atoms with Gasteiger partial charge in [0.1, 0.15) is 0 Å². The fourth-order valence-corrected chi connectivity index (χ4v) is 4.43. The van der Waals surface area contributed by atoms with Crippen molar-refractivity contribution in [3.8, 4) is 0 Å². The number of anilines is 2. The van der Waals surface area contributed by atoms with Crippen LogP contribution in [0.3, 0.4) is 0 Å². The molecule has 1 aliphatic carbocycles. The standard InChI is InChI=1S/C17H26N4O4S/c1-20(2)26(23,24)19-15-6-4-5-14(9-15)18-17(22)21-10-12-7-8-13(11-21)16(12)25-3/h4-6,9,12-13,16,19H,7-8,10-11H2,1-3H3,(H,18,22). The third kappa shape index (κ3) is 3.94. The number of nitrogens with one attached hydrogen (secondary N) is 2. The average Bonchev–Trinajstić information content (AvgIpc) is 2.82. The number of ether oxygens (including phenoxy) is 1. The number of urea groups is 1. The van der Waals surface area contributed by atoms with Crippen molar-refractivity contribution in [2.75, 3.05) is 44.3 Å². The first-order valence-electron chi connectivity index (χ1n) is 8.69. The van der Waals surface area contributed by atoms with Gasteiger partial charge in [0.15, 0.2) is 0 Å². The van der Waals surface area contributed by atoms with Gasteiger partial charge in [-0.15, -0.1) is 0 Å². The van der Waals surface area contributed by atoms with E-state index in [1.165, 1.54) is 14.1 Å². The van der Waals surface area contributed by atoms with Crippen molar-refractivity contribution >= 4 is 27.6 Å². The molecular weight excluding hydrogens is 356 g/mol. The number of benzene rings is 1. The summed E-state index contributed by atoms with van der Waals surface area (Å²) in [7, 11) is 1.06. The number of carbonyl (C=O) groups excluding carboxylic acids is 1. The molecule has 2 atom stereocenters. The number of carbonyl (C=O) groups is 1. The molecule has 2 amide bonds. The summed E-state index contributed by atoms with van der Waals surface area (Å²) in [6.45, 7) is 1.38. The third-order valence-corrected chi connectivity index (χ3v) is 6.60. The zero-order valence-corrected chi connectivity index (χ0v) is 16.1. The molecule has 3 rings (SSSR count).